The van der Waals surface area contributed by atoms with Gasteiger partial charge in [-0.1, -0.05) is 17.7 Å². The van der Waals surface area contributed by atoms with Crippen molar-refractivity contribution in [1.29, 1.82) is 0 Å². The summed E-state index contributed by atoms with van der Waals surface area (Å²) in [6.45, 7) is 2.75. The van der Waals surface area contributed by atoms with Crippen molar-refractivity contribution in [2.24, 2.45) is 0 Å². The summed E-state index contributed by atoms with van der Waals surface area (Å²) < 4.78 is 2.88. The van der Waals surface area contributed by atoms with Crippen LogP contribution >= 0.6 is 27.5 Å². The van der Waals surface area contributed by atoms with Crippen molar-refractivity contribution in [3.8, 4) is 0 Å². The second-order valence-electron chi connectivity index (χ2n) is 4.05. The van der Waals surface area contributed by atoms with E-state index >= 15 is 0 Å². The predicted molar refractivity (Wildman–Crippen MR) is 77.7 cm³/mol. The van der Waals surface area contributed by atoms with E-state index in [1.54, 1.807) is 6.20 Å². The second-order valence-corrected chi connectivity index (χ2v) is 5.31. The van der Waals surface area contributed by atoms with Crippen LogP contribution in [0.15, 0.2) is 41.1 Å². The molecule has 1 heterocycles. The van der Waals surface area contributed by atoms with Crippen LogP contribution in [0.4, 0.5) is 0 Å². The molecule has 96 valence electrons. The number of nitrogens with zero attached hydrogens (tertiary/aromatic N) is 2. The molecular weight excluding hydrogens is 314 g/mol. The first-order chi connectivity index (χ1) is 8.75. The first-order valence-corrected chi connectivity index (χ1v) is 7.05. The Morgan fingerprint density at radius 3 is 3.00 bits per heavy atom. The molecule has 18 heavy (non-hydrogen) atoms. The molecule has 0 spiro atoms. The van der Waals surface area contributed by atoms with Gasteiger partial charge in [0.25, 0.3) is 0 Å². The van der Waals surface area contributed by atoms with Crippen LogP contribution in [0.3, 0.4) is 0 Å². The minimum absolute atomic E-state index is 0.755. The van der Waals surface area contributed by atoms with E-state index < -0.39 is 0 Å². The highest BCUT2D eigenvalue weighted by Crippen LogP contribution is 2.22. The van der Waals surface area contributed by atoms with Crippen molar-refractivity contribution < 1.29 is 0 Å². The highest BCUT2D eigenvalue weighted by molar-refractivity contribution is 9.10. The van der Waals surface area contributed by atoms with E-state index in [0.717, 1.165) is 35.6 Å². The molecule has 0 radical (unpaired) electrons. The minimum Gasteiger partial charge on any atom is -0.313 e. The lowest BCUT2D eigenvalue weighted by Gasteiger charge is -2.06. The molecule has 0 saturated heterocycles. The smallest absolute Gasteiger partial charge is 0.0551 e. The van der Waals surface area contributed by atoms with Crippen molar-refractivity contribution >= 4 is 27.5 Å². The third-order valence-corrected chi connectivity index (χ3v) is 3.85. The van der Waals surface area contributed by atoms with E-state index in [1.807, 2.05) is 29.1 Å². The fourth-order valence-electron chi connectivity index (χ4n) is 1.68. The van der Waals surface area contributed by atoms with Gasteiger partial charge in [-0.15, -0.1) is 0 Å². The minimum atomic E-state index is 0.755. The summed E-state index contributed by atoms with van der Waals surface area (Å²) in [4.78, 5) is 0. The summed E-state index contributed by atoms with van der Waals surface area (Å²) in [5.41, 5.74) is 1.20. The topological polar surface area (TPSA) is 29.9 Å². The number of benzene rings is 1. The Labute approximate surface area is 120 Å². The summed E-state index contributed by atoms with van der Waals surface area (Å²) in [5.74, 6) is 0. The van der Waals surface area contributed by atoms with E-state index in [0.29, 0.717) is 0 Å². The molecule has 0 aliphatic rings. The van der Waals surface area contributed by atoms with Crippen LogP contribution in [-0.4, -0.2) is 16.3 Å². The first kappa shape index (κ1) is 13.6. The molecule has 0 saturated carbocycles. The lowest BCUT2D eigenvalue weighted by molar-refractivity contribution is 0.543. The van der Waals surface area contributed by atoms with E-state index in [2.05, 4.69) is 32.4 Å². The van der Waals surface area contributed by atoms with Gasteiger partial charge in [0.1, 0.15) is 0 Å². The lowest BCUT2D eigenvalue weighted by atomic mass is 10.2. The van der Waals surface area contributed by atoms with Gasteiger partial charge in [0.15, 0.2) is 0 Å². The number of hydrogen-bond donors (Lipinski definition) is 1. The summed E-state index contributed by atoms with van der Waals surface area (Å²) >= 11 is 9.42. The van der Waals surface area contributed by atoms with E-state index in [-0.39, 0.29) is 0 Å². The second kappa shape index (κ2) is 6.92. The van der Waals surface area contributed by atoms with Crippen molar-refractivity contribution in [2.75, 3.05) is 6.54 Å². The highest BCUT2D eigenvalue weighted by Gasteiger charge is 1.98. The molecule has 0 aliphatic heterocycles. The number of hydrogen-bond acceptors (Lipinski definition) is 2. The Balaban J connectivity index is 1.67. The number of halogens is 2. The van der Waals surface area contributed by atoms with Crippen LogP contribution in [0.2, 0.25) is 5.02 Å². The fourth-order valence-corrected chi connectivity index (χ4v) is 2.13. The molecule has 0 atom stereocenters. The summed E-state index contributed by atoms with van der Waals surface area (Å²) in [6.07, 6.45) is 4.84. The number of nitrogens with one attached hydrogen (secondary N) is 1. The van der Waals surface area contributed by atoms with Gasteiger partial charge >= 0.3 is 0 Å². The molecule has 3 nitrogen and oxygen atoms in total. The molecule has 0 amide bonds. The number of aryl methyl sites for hydroxylation is 1. The Kier molecular flexibility index (Phi) is 5.23. The standard InChI is InChI=1S/C13H15BrClN3/c14-12-4-3-11(9-13(12)15)10-16-5-1-7-18-8-2-6-17-18/h2-4,6,8-9,16H,1,5,7,10H2. The lowest BCUT2D eigenvalue weighted by Crippen LogP contribution is -2.16. The zero-order valence-corrected chi connectivity index (χ0v) is 12.3. The van der Waals surface area contributed by atoms with Crippen molar-refractivity contribution in [3.05, 3.63) is 51.7 Å². The van der Waals surface area contributed by atoms with Crippen molar-refractivity contribution in [1.82, 2.24) is 15.1 Å². The third kappa shape index (κ3) is 4.12. The molecule has 1 N–H and O–H groups in total. The average Bonchev–Trinajstić information content (AvgIpc) is 2.86. The zero-order chi connectivity index (χ0) is 12.8. The van der Waals surface area contributed by atoms with E-state index in [4.69, 9.17) is 11.6 Å². The van der Waals surface area contributed by atoms with Crippen LogP contribution < -0.4 is 5.32 Å². The molecule has 0 unspecified atom stereocenters. The molecule has 0 fully saturated rings. The predicted octanol–water partition coefficient (Wildman–Crippen LogP) is 3.48. The third-order valence-electron chi connectivity index (χ3n) is 2.61. The Hall–Kier alpha value is -0.840. The Morgan fingerprint density at radius 1 is 1.39 bits per heavy atom. The van der Waals surface area contributed by atoms with Gasteiger partial charge in [0, 0.05) is 30.0 Å². The van der Waals surface area contributed by atoms with Gasteiger partial charge in [0.2, 0.25) is 0 Å². The van der Waals surface area contributed by atoms with Gasteiger partial charge in [0.05, 0.1) is 5.02 Å². The van der Waals surface area contributed by atoms with E-state index in [1.165, 1.54) is 5.56 Å². The van der Waals surface area contributed by atoms with Crippen LogP contribution in [-0.2, 0) is 13.1 Å². The van der Waals surface area contributed by atoms with Crippen LogP contribution in [0.5, 0.6) is 0 Å². The molecule has 2 aromatic rings. The van der Waals surface area contributed by atoms with Crippen molar-refractivity contribution in [3.63, 3.8) is 0 Å². The fraction of sp³-hybridized carbons (Fsp3) is 0.308. The number of aromatic nitrogens is 2. The Bertz CT molecular complexity index is 485. The van der Waals surface area contributed by atoms with Crippen molar-refractivity contribution in [2.45, 2.75) is 19.5 Å². The van der Waals surface area contributed by atoms with Gasteiger partial charge in [-0.3, -0.25) is 4.68 Å². The molecule has 2 rings (SSSR count). The van der Waals surface area contributed by atoms with Gasteiger partial charge in [-0.05, 0) is 52.7 Å². The van der Waals surface area contributed by atoms with Gasteiger partial charge < -0.3 is 5.32 Å². The normalized spacial score (nSPS) is 10.8. The maximum Gasteiger partial charge on any atom is 0.0551 e. The van der Waals surface area contributed by atoms with E-state index in [9.17, 15) is 0 Å². The monoisotopic (exact) mass is 327 g/mol. The van der Waals surface area contributed by atoms with Crippen LogP contribution in [0, 0.1) is 0 Å². The van der Waals surface area contributed by atoms with Crippen LogP contribution in [0.25, 0.3) is 0 Å². The average molecular weight is 329 g/mol. The summed E-state index contributed by atoms with van der Waals surface area (Å²) in [7, 11) is 0. The van der Waals surface area contributed by atoms with Gasteiger partial charge in [-0.25, -0.2) is 0 Å². The molecule has 5 heteroatoms. The summed E-state index contributed by atoms with van der Waals surface area (Å²) in [6, 6.07) is 7.96. The largest absolute Gasteiger partial charge is 0.313 e. The quantitative estimate of drug-likeness (QED) is 0.823. The van der Waals surface area contributed by atoms with Gasteiger partial charge in [-0.2, -0.15) is 5.10 Å². The maximum absolute atomic E-state index is 6.04. The van der Waals surface area contributed by atoms with Crippen LogP contribution in [0.1, 0.15) is 12.0 Å². The molecule has 1 aromatic heterocycles. The maximum atomic E-state index is 6.04. The SMILES string of the molecule is Clc1cc(CNCCCn2cccn2)ccc1Br. The Morgan fingerprint density at radius 2 is 2.28 bits per heavy atom. The number of rotatable bonds is 6. The molecule has 0 bridgehead atoms. The molecular formula is C13H15BrClN3. The molecule has 1 aromatic carbocycles. The first-order valence-electron chi connectivity index (χ1n) is 5.88. The highest BCUT2D eigenvalue weighted by atomic mass is 79.9. The molecule has 0 aliphatic carbocycles. The zero-order valence-electron chi connectivity index (χ0n) is 9.94. The summed E-state index contributed by atoms with van der Waals surface area (Å²) in [5, 5.41) is 8.31.